The molecule has 1 fully saturated rings. The quantitative estimate of drug-likeness (QED) is 0.235. The summed E-state index contributed by atoms with van der Waals surface area (Å²) in [6.45, 7) is -0.371. The Morgan fingerprint density at radius 3 is 2.50 bits per heavy atom. The molecule has 0 bridgehead atoms. The van der Waals surface area contributed by atoms with Crippen LogP contribution in [0.3, 0.4) is 0 Å². The third-order valence-electron chi connectivity index (χ3n) is 4.74. The van der Waals surface area contributed by atoms with Crippen LogP contribution in [-0.2, 0) is 37.2 Å². The molecule has 0 amide bonds. The third kappa shape index (κ3) is 4.93. The Balaban J connectivity index is 1.86. The SMILES string of the molecule is C[C@@]1(F)[C@H](O)[C@@H](COP(=O)(O)OP(=O)(O)OP(=O)(O)O)O[C@@]1(C#N)c1ccc2c(N)ncnn12. The van der Waals surface area contributed by atoms with Crippen LogP contribution in [0.5, 0.6) is 0 Å². The topological polar surface area (TPSA) is 269 Å². The molecule has 34 heavy (non-hydrogen) atoms. The fourth-order valence-electron chi connectivity index (χ4n) is 3.28. The smallest absolute Gasteiger partial charge is 0.387 e. The lowest BCUT2D eigenvalue weighted by atomic mass is 9.82. The van der Waals surface area contributed by atoms with Crippen LogP contribution >= 0.6 is 23.5 Å². The number of nitrogen functional groups attached to an aromatic ring is 1. The predicted molar refractivity (Wildman–Crippen MR) is 105 cm³/mol. The first-order valence-electron chi connectivity index (χ1n) is 8.78. The Morgan fingerprint density at radius 1 is 1.26 bits per heavy atom. The van der Waals surface area contributed by atoms with Crippen molar-refractivity contribution in [2.75, 3.05) is 12.3 Å². The van der Waals surface area contributed by atoms with Gasteiger partial charge < -0.3 is 35.2 Å². The number of aromatic nitrogens is 3. The molecule has 6 atom stereocenters. The maximum Gasteiger partial charge on any atom is 0.490 e. The molecule has 2 unspecified atom stereocenters. The molecule has 1 saturated heterocycles. The van der Waals surface area contributed by atoms with Gasteiger partial charge in [0.1, 0.15) is 30.1 Å². The molecule has 3 rings (SSSR count). The molecule has 1 aliphatic heterocycles. The highest BCUT2D eigenvalue weighted by atomic mass is 31.3. The van der Waals surface area contributed by atoms with E-state index in [4.69, 9.17) is 20.3 Å². The second kappa shape index (κ2) is 8.68. The van der Waals surface area contributed by atoms with Crippen molar-refractivity contribution in [3.05, 3.63) is 24.2 Å². The number of alkyl halides is 1. The van der Waals surface area contributed by atoms with Gasteiger partial charge in [0.25, 0.3) is 0 Å². The van der Waals surface area contributed by atoms with Crippen LogP contribution in [-0.4, -0.2) is 63.8 Å². The molecule has 0 spiro atoms. The minimum absolute atomic E-state index is 0.0161. The number of nitrogens with two attached hydrogens (primary N) is 1. The maximum atomic E-state index is 15.7. The van der Waals surface area contributed by atoms with E-state index >= 15 is 4.39 Å². The largest absolute Gasteiger partial charge is 0.490 e. The van der Waals surface area contributed by atoms with Crippen molar-refractivity contribution in [2.24, 2.45) is 0 Å². The number of phosphoric acid groups is 3. The summed E-state index contributed by atoms with van der Waals surface area (Å²) in [5, 5.41) is 24.2. The second-order valence-corrected chi connectivity index (χ2v) is 11.4. The average Bonchev–Trinajstić information content (AvgIpc) is 3.17. The van der Waals surface area contributed by atoms with Crippen LogP contribution in [0.2, 0.25) is 0 Å². The molecule has 188 valence electrons. The molecule has 3 heterocycles. The van der Waals surface area contributed by atoms with Crippen molar-refractivity contribution < 1.29 is 60.6 Å². The van der Waals surface area contributed by atoms with Gasteiger partial charge in [-0.05, 0) is 19.1 Å². The zero-order valence-corrected chi connectivity index (χ0v) is 19.5. The van der Waals surface area contributed by atoms with Gasteiger partial charge in [0, 0.05) is 0 Å². The van der Waals surface area contributed by atoms with E-state index in [1.165, 1.54) is 12.1 Å². The van der Waals surface area contributed by atoms with Crippen LogP contribution in [0.15, 0.2) is 18.5 Å². The maximum absolute atomic E-state index is 15.7. The van der Waals surface area contributed by atoms with E-state index in [0.29, 0.717) is 0 Å². The molecule has 7 N–H and O–H groups in total. The number of halogens is 1. The predicted octanol–water partition coefficient (Wildman–Crippen LogP) is -0.138. The number of hydrogen-bond donors (Lipinski definition) is 6. The van der Waals surface area contributed by atoms with Crippen LogP contribution in [0.25, 0.3) is 5.52 Å². The number of phosphoric ester groups is 1. The number of aliphatic hydroxyl groups is 1. The number of aliphatic hydroxyl groups excluding tert-OH is 1. The summed E-state index contributed by atoms with van der Waals surface area (Å²) in [7, 11) is -17.0. The monoisotopic (exact) mass is 547 g/mol. The molecule has 0 aromatic carbocycles. The van der Waals surface area contributed by atoms with Crippen molar-refractivity contribution in [3.63, 3.8) is 0 Å². The van der Waals surface area contributed by atoms with Gasteiger partial charge in [0.05, 0.1) is 12.3 Å². The number of hydrogen-bond acceptors (Lipinski definition) is 12. The first kappa shape index (κ1) is 26.8. The second-order valence-electron chi connectivity index (χ2n) is 7.02. The summed E-state index contributed by atoms with van der Waals surface area (Å²) >= 11 is 0. The normalized spacial score (nSPS) is 31.1. The standard InChI is InChI=1S/C13H17FN5O12P3/c1-12(14)10(20)8(4-28-33(24,25)31-34(26,27)30-32(21,22)23)29-13(12,5-15)9-3-2-7-11(16)17-6-18-19(7)9/h2-3,6,8,10,20H,4H2,1H3,(H,24,25)(H,26,27)(H2,16,17,18)(H2,21,22,23)/t8-,10-,12-,13+/m1/s1. The van der Waals surface area contributed by atoms with E-state index in [1.54, 1.807) is 6.07 Å². The molecule has 0 saturated carbocycles. The van der Waals surface area contributed by atoms with E-state index in [-0.39, 0.29) is 17.0 Å². The highest BCUT2D eigenvalue weighted by Crippen LogP contribution is 2.66. The van der Waals surface area contributed by atoms with E-state index in [1.807, 2.05) is 0 Å². The minimum Gasteiger partial charge on any atom is -0.387 e. The average molecular weight is 547 g/mol. The summed E-state index contributed by atoms with van der Waals surface area (Å²) in [6, 6.07) is 4.21. The number of rotatable bonds is 8. The number of ether oxygens (including phenoxy) is 1. The molecule has 0 aliphatic carbocycles. The molecule has 0 radical (unpaired) electrons. The summed E-state index contributed by atoms with van der Waals surface area (Å²) < 4.78 is 67.7. The lowest BCUT2D eigenvalue weighted by molar-refractivity contribution is -0.0711. The summed E-state index contributed by atoms with van der Waals surface area (Å²) in [5.41, 5.74) is 0.258. The molecular weight excluding hydrogens is 530 g/mol. The molecule has 2 aromatic rings. The first-order chi connectivity index (χ1) is 15.4. The zero-order chi connectivity index (χ0) is 25.7. The van der Waals surface area contributed by atoms with Crippen molar-refractivity contribution in [3.8, 4) is 6.07 Å². The number of anilines is 1. The van der Waals surface area contributed by atoms with Gasteiger partial charge in [-0.3, -0.25) is 4.52 Å². The zero-order valence-electron chi connectivity index (χ0n) is 16.8. The number of nitrogens with zero attached hydrogens (tertiary/aromatic N) is 4. The Hall–Kier alpha value is -1.83. The van der Waals surface area contributed by atoms with Crippen LogP contribution in [0.1, 0.15) is 12.6 Å². The Labute approximate surface area is 188 Å². The highest BCUT2D eigenvalue weighted by Gasteiger charge is 2.67. The van der Waals surface area contributed by atoms with Gasteiger partial charge in [-0.2, -0.15) is 19.0 Å². The van der Waals surface area contributed by atoms with Crippen molar-refractivity contribution >= 4 is 34.8 Å². The van der Waals surface area contributed by atoms with E-state index in [0.717, 1.165) is 17.8 Å². The molecular formula is C13H17FN5O12P3. The van der Waals surface area contributed by atoms with Gasteiger partial charge in [-0.1, -0.05) is 0 Å². The molecule has 21 heteroatoms. The van der Waals surface area contributed by atoms with E-state index in [9.17, 15) is 33.9 Å². The summed E-state index contributed by atoms with van der Waals surface area (Å²) in [5.74, 6) is -0.0161. The van der Waals surface area contributed by atoms with Crippen molar-refractivity contribution in [1.29, 1.82) is 5.26 Å². The fraction of sp³-hybridized carbons (Fsp3) is 0.462. The van der Waals surface area contributed by atoms with Crippen molar-refractivity contribution in [1.82, 2.24) is 14.6 Å². The Bertz CT molecular complexity index is 1290. The number of fused-ring (bicyclic) bond motifs is 1. The first-order valence-corrected chi connectivity index (χ1v) is 13.3. The summed E-state index contributed by atoms with van der Waals surface area (Å²) in [4.78, 5) is 39.6. The van der Waals surface area contributed by atoms with Crippen molar-refractivity contribution in [2.45, 2.75) is 30.4 Å². The number of nitriles is 1. The third-order valence-corrected chi connectivity index (χ3v) is 8.54. The molecule has 17 nitrogen and oxygen atoms in total. The Morgan fingerprint density at radius 2 is 1.91 bits per heavy atom. The van der Waals surface area contributed by atoms with E-state index < -0.39 is 53.6 Å². The lowest BCUT2D eigenvalue weighted by Gasteiger charge is -2.30. The van der Waals surface area contributed by atoms with Gasteiger partial charge in [-0.15, -0.1) is 0 Å². The van der Waals surface area contributed by atoms with E-state index in [2.05, 4.69) is 23.2 Å². The van der Waals surface area contributed by atoms with Crippen LogP contribution in [0, 0.1) is 11.3 Å². The van der Waals surface area contributed by atoms with Crippen LogP contribution < -0.4 is 5.73 Å². The van der Waals surface area contributed by atoms with Gasteiger partial charge >= 0.3 is 23.5 Å². The van der Waals surface area contributed by atoms with Crippen LogP contribution in [0.4, 0.5) is 10.2 Å². The Kier molecular flexibility index (Phi) is 6.83. The van der Waals surface area contributed by atoms with Gasteiger partial charge in [0.2, 0.25) is 5.60 Å². The molecule has 1 aliphatic rings. The minimum atomic E-state index is -5.80. The fourth-order valence-corrected chi connectivity index (χ4v) is 6.31. The summed E-state index contributed by atoms with van der Waals surface area (Å²) in [6.07, 6.45) is -2.97. The lowest BCUT2D eigenvalue weighted by Crippen LogP contribution is -2.48. The highest BCUT2D eigenvalue weighted by molar-refractivity contribution is 7.66. The molecule has 2 aromatic heterocycles. The van der Waals surface area contributed by atoms with Gasteiger partial charge in [0.15, 0.2) is 11.5 Å². The van der Waals surface area contributed by atoms with Gasteiger partial charge in [-0.25, -0.2) is 27.6 Å².